The molecule has 56 heavy (non-hydrogen) atoms. The maximum atomic E-state index is 12.3. The molecule has 0 spiro atoms. The quantitative estimate of drug-likeness (QED) is 0.126. The molecule has 2 atom stereocenters. The monoisotopic (exact) mass is 784 g/mol. The highest BCUT2D eigenvalue weighted by Gasteiger charge is 2.28. The number of aromatic hydroxyl groups is 1. The van der Waals surface area contributed by atoms with Crippen molar-refractivity contribution in [2.75, 3.05) is 28.4 Å². The van der Waals surface area contributed by atoms with Crippen LogP contribution in [0.25, 0.3) is 0 Å². The number of rotatable bonds is 12. The average molecular weight is 785 g/mol. The first-order valence-electron chi connectivity index (χ1n) is 19.1. The number of phenolic OH excluding ortho intramolecular Hbond substituents is 1. The fourth-order valence-electron chi connectivity index (χ4n) is 7.53. The van der Waals surface area contributed by atoms with E-state index in [1.165, 1.54) is 21.5 Å². The van der Waals surface area contributed by atoms with Crippen LogP contribution in [0.5, 0.6) is 34.5 Å². The molecular formula is C48H50O6P2. The fraction of sp³-hybridized carbons (Fsp3) is 0.250. The van der Waals surface area contributed by atoms with Crippen molar-refractivity contribution in [2.45, 2.75) is 45.1 Å². The molecule has 0 aromatic heterocycles. The summed E-state index contributed by atoms with van der Waals surface area (Å²) in [6.45, 7) is 2.35. The third kappa shape index (κ3) is 8.83. The summed E-state index contributed by atoms with van der Waals surface area (Å²) in [5.74, 6) is 5.05. The highest BCUT2D eigenvalue weighted by Crippen LogP contribution is 2.42. The van der Waals surface area contributed by atoms with Crippen molar-refractivity contribution in [3.8, 4) is 34.5 Å². The number of ether oxygens (including phenoxy) is 5. The Morgan fingerprint density at radius 2 is 0.982 bits per heavy atom. The van der Waals surface area contributed by atoms with Gasteiger partial charge in [0.05, 0.1) is 28.4 Å². The zero-order valence-electron chi connectivity index (χ0n) is 32.8. The topological polar surface area (TPSA) is 66.4 Å². The van der Waals surface area contributed by atoms with Gasteiger partial charge in [0, 0.05) is 17.0 Å². The molecule has 0 saturated carbocycles. The minimum absolute atomic E-state index is 0.141. The molecule has 0 aliphatic carbocycles. The largest absolute Gasteiger partial charge is 0.507 e. The van der Waals surface area contributed by atoms with E-state index in [1.54, 1.807) is 28.4 Å². The molecule has 0 amide bonds. The molecule has 1 aliphatic rings. The second-order valence-corrected chi connectivity index (χ2v) is 18.6. The zero-order valence-corrected chi connectivity index (χ0v) is 34.6. The molecule has 1 heterocycles. The number of phenols is 1. The van der Waals surface area contributed by atoms with Crippen LogP contribution in [-0.4, -0.2) is 39.6 Å². The Bertz CT molecular complexity index is 2090. The van der Waals surface area contributed by atoms with E-state index in [2.05, 4.69) is 91.9 Å². The maximum Gasteiger partial charge on any atom is 0.131 e. The van der Waals surface area contributed by atoms with E-state index in [4.69, 9.17) is 23.7 Å². The van der Waals surface area contributed by atoms with Gasteiger partial charge in [-0.25, -0.2) is 0 Å². The number of para-hydroxylation sites is 2. The van der Waals surface area contributed by atoms with Crippen LogP contribution in [0.4, 0.5) is 0 Å². The first kappa shape index (κ1) is 39.2. The van der Waals surface area contributed by atoms with Gasteiger partial charge < -0.3 is 28.8 Å². The summed E-state index contributed by atoms with van der Waals surface area (Å²) in [6, 6.07) is 46.1. The Labute approximate surface area is 333 Å². The van der Waals surface area contributed by atoms with Crippen molar-refractivity contribution in [1.82, 2.24) is 0 Å². The lowest BCUT2D eigenvalue weighted by Crippen LogP contribution is -2.27. The summed E-state index contributed by atoms with van der Waals surface area (Å²) in [7, 11) is 4.67. The molecule has 8 heteroatoms. The first-order valence-corrected chi connectivity index (χ1v) is 21.8. The predicted molar refractivity (Wildman–Crippen MR) is 233 cm³/mol. The molecule has 7 rings (SSSR count). The normalized spacial score (nSPS) is 15.6. The third-order valence-corrected chi connectivity index (χ3v) is 15.4. The van der Waals surface area contributed by atoms with Crippen LogP contribution in [0.15, 0.2) is 133 Å². The summed E-state index contributed by atoms with van der Waals surface area (Å²) < 4.78 is 29.4. The van der Waals surface area contributed by atoms with Crippen molar-refractivity contribution < 1.29 is 28.8 Å². The van der Waals surface area contributed by atoms with E-state index >= 15 is 0 Å². The van der Waals surface area contributed by atoms with Gasteiger partial charge in [-0.2, -0.15) is 0 Å². The number of fused-ring (bicyclic) bond motifs is 1. The van der Waals surface area contributed by atoms with Crippen molar-refractivity contribution in [3.05, 3.63) is 145 Å². The van der Waals surface area contributed by atoms with Gasteiger partial charge in [-0.15, -0.1) is 0 Å². The molecule has 0 bridgehead atoms. The van der Waals surface area contributed by atoms with E-state index in [1.807, 2.05) is 48.5 Å². The van der Waals surface area contributed by atoms with Gasteiger partial charge in [-0.1, -0.05) is 98.3 Å². The van der Waals surface area contributed by atoms with Gasteiger partial charge in [0.1, 0.15) is 40.6 Å². The molecule has 0 saturated heterocycles. The van der Waals surface area contributed by atoms with E-state index < -0.39 is 15.8 Å². The van der Waals surface area contributed by atoms with E-state index in [0.29, 0.717) is 18.1 Å². The lowest BCUT2D eigenvalue weighted by Gasteiger charge is -2.28. The molecule has 6 aromatic carbocycles. The molecule has 1 N–H and O–H groups in total. The van der Waals surface area contributed by atoms with Crippen molar-refractivity contribution in [3.63, 3.8) is 0 Å². The Morgan fingerprint density at radius 3 is 1.45 bits per heavy atom. The van der Waals surface area contributed by atoms with Gasteiger partial charge >= 0.3 is 0 Å². The smallest absolute Gasteiger partial charge is 0.131 e. The highest BCUT2D eigenvalue weighted by molar-refractivity contribution is 7.80. The molecule has 0 fully saturated rings. The lowest BCUT2D eigenvalue weighted by atomic mass is 9.95. The van der Waals surface area contributed by atoms with Crippen LogP contribution in [0.1, 0.15) is 37.3 Å². The van der Waals surface area contributed by atoms with Crippen LogP contribution >= 0.6 is 15.8 Å². The Hall–Kier alpha value is -5.02. The molecule has 6 aromatic rings. The molecule has 1 aliphatic heterocycles. The van der Waals surface area contributed by atoms with Gasteiger partial charge in [0.15, 0.2) is 0 Å². The number of benzene rings is 6. The number of methoxy groups -OCH3 is 4. The van der Waals surface area contributed by atoms with Crippen molar-refractivity contribution >= 4 is 47.7 Å². The second-order valence-electron chi connectivity index (χ2n) is 14.2. The predicted octanol–water partition coefficient (Wildman–Crippen LogP) is 8.30. The summed E-state index contributed by atoms with van der Waals surface area (Å²) in [5, 5.41) is 19.0. The SMILES string of the molecule is COc1ccc(P(c2ccc(OC)cc2)c2cccc(C[C@H]3CCCC(C)Cc4cccc(P(c5ccc(OC)cc5)c5ccc(OC)cc5)c4O3)c2O)cc1. The maximum absolute atomic E-state index is 12.3. The minimum atomic E-state index is -1.09. The van der Waals surface area contributed by atoms with Crippen molar-refractivity contribution in [1.29, 1.82) is 0 Å². The summed E-state index contributed by atoms with van der Waals surface area (Å²) in [6.07, 6.45) is 4.43. The third-order valence-electron chi connectivity index (χ3n) is 10.5. The van der Waals surface area contributed by atoms with Crippen molar-refractivity contribution in [2.24, 2.45) is 5.92 Å². The Kier molecular flexibility index (Phi) is 12.8. The van der Waals surface area contributed by atoms with Crippen LogP contribution in [0.3, 0.4) is 0 Å². The highest BCUT2D eigenvalue weighted by atomic mass is 31.1. The summed E-state index contributed by atoms with van der Waals surface area (Å²) >= 11 is 0. The fourth-order valence-corrected chi connectivity index (χ4v) is 12.3. The molecule has 6 nitrogen and oxygen atoms in total. The Morgan fingerprint density at radius 1 is 0.554 bits per heavy atom. The Balaban J connectivity index is 1.29. The number of hydrogen-bond acceptors (Lipinski definition) is 6. The first-order chi connectivity index (χ1) is 27.4. The van der Waals surface area contributed by atoms with Crippen LogP contribution in [0.2, 0.25) is 0 Å². The minimum Gasteiger partial charge on any atom is -0.507 e. The summed E-state index contributed by atoms with van der Waals surface area (Å²) in [4.78, 5) is 0. The van der Waals surface area contributed by atoms with Gasteiger partial charge in [-0.05, 0) is 122 Å². The van der Waals surface area contributed by atoms with Crippen LogP contribution in [0, 0.1) is 5.92 Å². The average Bonchev–Trinajstić information content (AvgIpc) is 3.31. The van der Waals surface area contributed by atoms with Crippen LogP contribution < -0.4 is 55.5 Å². The molecule has 0 radical (unpaired) electrons. The van der Waals surface area contributed by atoms with E-state index in [-0.39, 0.29) is 6.10 Å². The van der Waals surface area contributed by atoms with Gasteiger partial charge in [0.25, 0.3) is 0 Å². The van der Waals surface area contributed by atoms with Gasteiger partial charge in [-0.3, -0.25) is 0 Å². The zero-order chi connectivity index (χ0) is 39.0. The van der Waals surface area contributed by atoms with E-state index in [9.17, 15) is 5.11 Å². The summed E-state index contributed by atoms with van der Waals surface area (Å²) in [5.41, 5.74) is 2.12. The number of hydrogen-bond donors (Lipinski definition) is 1. The lowest BCUT2D eigenvalue weighted by molar-refractivity contribution is 0.188. The molecule has 1 unspecified atom stereocenters. The molecular weight excluding hydrogens is 734 g/mol. The van der Waals surface area contributed by atoms with Crippen LogP contribution in [-0.2, 0) is 12.8 Å². The van der Waals surface area contributed by atoms with Gasteiger partial charge in [0.2, 0.25) is 0 Å². The second kappa shape index (κ2) is 18.3. The standard InChI is InChI=1S/C48H50O6P2/c1-33-9-6-12-40(32-34-10-7-13-45(47(34)49)55(41-23-15-36(50-2)16-24-41)42-25-17-37(51-3)18-26-42)54-48-35(31-33)11-8-14-46(48)56(43-27-19-38(52-4)20-28-43)44-29-21-39(53-5)22-30-44/h7-8,10-11,13-30,33,40,49H,6,9,12,31-32H2,1-5H3/t33?,40-/m1/s1. The molecule has 288 valence electrons. The van der Waals surface area contributed by atoms with E-state index in [0.717, 1.165) is 75.9 Å².